The van der Waals surface area contributed by atoms with E-state index in [4.69, 9.17) is 0 Å². The Labute approximate surface area is 102 Å². The van der Waals surface area contributed by atoms with Crippen LogP contribution in [-0.4, -0.2) is 35.0 Å². The predicted octanol–water partition coefficient (Wildman–Crippen LogP) is 1.99. The number of amidine groups is 1. The standard InChI is InChI=1S/C14H18N2O/c17-13(11-6-2-1-3-7-11)14-15-10-12-8-4-5-9-16(12)14/h1-3,6-7,12-13,17H,4-5,8-10H2. The van der Waals surface area contributed by atoms with E-state index in [0.29, 0.717) is 6.04 Å². The lowest BCUT2D eigenvalue weighted by Crippen LogP contribution is -2.42. The van der Waals surface area contributed by atoms with Crippen molar-refractivity contribution in [3.05, 3.63) is 35.9 Å². The van der Waals surface area contributed by atoms with Crippen molar-refractivity contribution < 1.29 is 5.11 Å². The van der Waals surface area contributed by atoms with E-state index in [0.717, 1.165) is 24.5 Å². The summed E-state index contributed by atoms with van der Waals surface area (Å²) in [6.07, 6.45) is 3.18. The lowest BCUT2D eigenvalue weighted by molar-refractivity contribution is 0.201. The van der Waals surface area contributed by atoms with Crippen molar-refractivity contribution in [2.45, 2.75) is 31.4 Å². The molecule has 2 unspecified atom stereocenters. The van der Waals surface area contributed by atoms with Gasteiger partial charge in [0.05, 0.1) is 6.54 Å². The van der Waals surface area contributed by atoms with Crippen LogP contribution in [0.1, 0.15) is 30.9 Å². The highest BCUT2D eigenvalue weighted by Gasteiger charge is 2.33. The summed E-state index contributed by atoms with van der Waals surface area (Å²) in [5, 5.41) is 10.4. The Morgan fingerprint density at radius 2 is 2.06 bits per heavy atom. The molecular weight excluding hydrogens is 212 g/mol. The minimum atomic E-state index is -0.556. The molecule has 2 aliphatic heterocycles. The third-order valence-electron chi connectivity index (χ3n) is 3.75. The van der Waals surface area contributed by atoms with Crippen molar-refractivity contribution in [2.75, 3.05) is 13.1 Å². The van der Waals surface area contributed by atoms with Gasteiger partial charge in [-0.2, -0.15) is 0 Å². The molecule has 0 aromatic heterocycles. The Bertz CT molecular complexity index is 415. The van der Waals surface area contributed by atoms with E-state index in [1.54, 1.807) is 0 Å². The first-order chi connectivity index (χ1) is 8.36. The molecule has 1 aromatic rings. The van der Waals surface area contributed by atoms with E-state index < -0.39 is 6.10 Å². The molecule has 3 nitrogen and oxygen atoms in total. The number of fused-ring (bicyclic) bond motifs is 1. The first-order valence-corrected chi connectivity index (χ1v) is 6.40. The first kappa shape index (κ1) is 10.8. The SMILES string of the molecule is OC(C1=NCC2CCCCN12)c1ccccc1. The lowest BCUT2D eigenvalue weighted by Gasteiger charge is -2.33. The number of aliphatic hydroxyl groups is 1. The van der Waals surface area contributed by atoms with E-state index in [1.807, 2.05) is 30.3 Å². The molecule has 2 atom stereocenters. The van der Waals surface area contributed by atoms with Crippen molar-refractivity contribution in [2.24, 2.45) is 4.99 Å². The second-order valence-electron chi connectivity index (χ2n) is 4.86. The maximum atomic E-state index is 10.4. The maximum Gasteiger partial charge on any atom is 0.136 e. The minimum absolute atomic E-state index is 0.539. The number of nitrogens with zero attached hydrogens (tertiary/aromatic N) is 2. The van der Waals surface area contributed by atoms with Crippen LogP contribution in [0.3, 0.4) is 0 Å². The van der Waals surface area contributed by atoms with Crippen LogP contribution in [-0.2, 0) is 0 Å². The molecule has 0 bridgehead atoms. The molecule has 17 heavy (non-hydrogen) atoms. The quantitative estimate of drug-likeness (QED) is 0.843. The van der Waals surface area contributed by atoms with Crippen LogP contribution in [0.2, 0.25) is 0 Å². The Morgan fingerprint density at radius 1 is 1.24 bits per heavy atom. The zero-order valence-electron chi connectivity index (χ0n) is 9.92. The third kappa shape index (κ3) is 1.95. The van der Waals surface area contributed by atoms with Gasteiger partial charge in [-0.25, -0.2) is 0 Å². The second kappa shape index (κ2) is 4.49. The minimum Gasteiger partial charge on any atom is -0.380 e. The van der Waals surface area contributed by atoms with E-state index >= 15 is 0 Å². The molecule has 90 valence electrons. The number of benzene rings is 1. The zero-order valence-corrected chi connectivity index (χ0v) is 9.92. The van der Waals surface area contributed by atoms with Gasteiger partial charge < -0.3 is 10.0 Å². The van der Waals surface area contributed by atoms with Crippen molar-refractivity contribution in [1.82, 2.24) is 4.90 Å². The molecule has 1 saturated heterocycles. The van der Waals surface area contributed by atoms with Crippen LogP contribution < -0.4 is 0 Å². The molecule has 0 spiro atoms. The van der Waals surface area contributed by atoms with Crippen LogP contribution in [0.4, 0.5) is 0 Å². The summed E-state index contributed by atoms with van der Waals surface area (Å²) in [4.78, 5) is 6.86. The summed E-state index contributed by atoms with van der Waals surface area (Å²) in [6, 6.07) is 10.4. The average Bonchev–Trinajstić information content (AvgIpc) is 2.83. The summed E-state index contributed by atoms with van der Waals surface area (Å²) in [5.41, 5.74) is 0.942. The summed E-state index contributed by atoms with van der Waals surface area (Å²) in [7, 11) is 0. The molecular formula is C14H18N2O. The van der Waals surface area contributed by atoms with Gasteiger partial charge in [0.25, 0.3) is 0 Å². The van der Waals surface area contributed by atoms with Gasteiger partial charge in [-0.1, -0.05) is 30.3 Å². The predicted molar refractivity (Wildman–Crippen MR) is 68.0 cm³/mol. The summed E-state index contributed by atoms with van der Waals surface area (Å²) >= 11 is 0. The summed E-state index contributed by atoms with van der Waals surface area (Å²) in [6.45, 7) is 1.91. The average molecular weight is 230 g/mol. The summed E-state index contributed by atoms with van der Waals surface area (Å²) in [5.74, 6) is 0.876. The fourth-order valence-corrected chi connectivity index (χ4v) is 2.81. The van der Waals surface area contributed by atoms with Gasteiger partial charge in [-0.3, -0.25) is 4.99 Å². The molecule has 0 saturated carbocycles. The number of aliphatic imine (C=N–C) groups is 1. The Morgan fingerprint density at radius 3 is 2.88 bits per heavy atom. The largest absolute Gasteiger partial charge is 0.380 e. The van der Waals surface area contributed by atoms with E-state index in [-0.39, 0.29) is 0 Å². The Hall–Kier alpha value is -1.35. The molecule has 1 aromatic carbocycles. The molecule has 0 aliphatic carbocycles. The van der Waals surface area contributed by atoms with Gasteiger partial charge in [0, 0.05) is 12.6 Å². The monoisotopic (exact) mass is 230 g/mol. The number of aliphatic hydroxyl groups excluding tert-OH is 1. The Kier molecular flexibility index (Phi) is 2.85. The highest BCUT2D eigenvalue weighted by molar-refractivity contribution is 5.89. The van der Waals surface area contributed by atoms with Gasteiger partial charge in [0.1, 0.15) is 11.9 Å². The summed E-state index contributed by atoms with van der Waals surface area (Å²) < 4.78 is 0. The molecule has 1 N–H and O–H groups in total. The van der Waals surface area contributed by atoms with Crippen LogP contribution in [0, 0.1) is 0 Å². The van der Waals surface area contributed by atoms with Gasteiger partial charge >= 0.3 is 0 Å². The molecule has 3 heteroatoms. The highest BCUT2D eigenvalue weighted by atomic mass is 16.3. The number of piperidine rings is 1. The van der Waals surface area contributed by atoms with Crippen LogP contribution >= 0.6 is 0 Å². The van der Waals surface area contributed by atoms with E-state index in [9.17, 15) is 5.11 Å². The van der Waals surface area contributed by atoms with Crippen molar-refractivity contribution in [3.63, 3.8) is 0 Å². The lowest BCUT2D eigenvalue weighted by atomic mass is 10.0. The Balaban J connectivity index is 1.81. The van der Waals surface area contributed by atoms with Crippen molar-refractivity contribution in [3.8, 4) is 0 Å². The number of rotatable bonds is 2. The van der Waals surface area contributed by atoms with Gasteiger partial charge in [0.2, 0.25) is 0 Å². The smallest absolute Gasteiger partial charge is 0.136 e. The second-order valence-corrected chi connectivity index (χ2v) is 4.86. The molecule has 0 radical (unpaired) electrons. The molecule has 1 fully saturated rings. The van der Waals surface area contributed by atoms with E-state index in [1.165, 1.54) is 19.3 Å². The molecule has 2 aliphatic rings. The highest BCUT2D eigenvalue weighted by Crippen LogP contribution is 2.27. The molecule has 0 amide bonds. The van der Waals surface area contributed by atoms with Gasteiger partial charge in [-0.15, -0.1) is 0 Å². The number of hydrogen-bond acceptors (Lipinski definition) is 3. The fourth-order valence-electron chi connectivity index (χ4n) is 2.81. The van der Waals surface area contributed by atoms with Crippen LogP contribution in [0.25, 0.3) is 0 Å². The maximum absolute atomic E-state index is 10.4. The van der Waals surface area contributed by atoms with Gasteiger partial charge in [-0.05, 0) is 24.8 Å². The normalized spacial score (nSPS) is 25.4. The van der Waals surface area contributed by atoms with E-state index in [2.05, 4.69) is 9.89 Å². The third-order valence-corrected chi connectivity index (χ3v) is 3.75. The number of hydrogen-bond donors (Lipinski definition) is 1. The topological polar surface area (TPSA) is 35.8 Å². The van der Waals surface area contributed by atoms with Crippen LogP contribution in [0.5, 0.6) is 0 Å². The van der Waals surface area contributed by atoms with Gasteiger partial charge in [0.15, 0.2) is 0 Å². The van der Waals surface area contributed by atoms with Crippen molar-refractivity contribution >= 4 is 5.84 Å². The van der Waals surface area contributed by atoms with Crippen molar-refractivity contribution in [1.29, 1.82) is 0 Å². The zero-order chi connectivity index (χ0) is 11.7. The molecule has 3 rings (SSSR count). The fraction of sp³-hybridized carbons (Fsp3) is 0.500. The van der Waals surface area contributed by atoms with Crippen LogP contribution in [0.15, 0.2) is 35.3 Å². The molecule has 2 heterocycles. The first-order valence-electron chi connectivity index (χ1n) is 6.40.